The van der Waals surface area contributed by atoms with Gasteiger partial charge in [-0.1, -0.05) is 35.1 Å². The lowest BCUT2D eigenvalue weighted by Crippen LogP contribution is -2.28. The van der Waals surface area contributed by atoms with Crippen molar-refractivity contribution < 1.29 is 13.9 Å². The molecule has 4 rings (SSSR count). The molecule has 0 aliphatic heterocycles. The minimum Gasteiger partial charge on any atom is -0.493 e. The molecule has 0 saturated carbocycles. The quantitative estimate of drug-likeness (QED) is 0.456. The highest BCUT2D eigenvalue weighted by molar-refractivity contribution is 7.15. The molecule has 0 spiro atoms. The van der Waals surface area contributed by atoms with Gasteiger partial charge in [-0.3, -0.25) is 9.59 Å². The van der Waals surface area contributed by atoms with Crippen LogP contribution in [-0.4, -0.2) is 28.8 Å². The van der Waals surface area contributed by atoms with Gasteiger partial charge in [0.2, 0.25) is 4.96 Å². The molecule has 2 aromatic carbocycles. The summed E-state index contributed by atoms with van der Waals surface area (Å²) in [7, 11) is 3.04. The zero-order chi connectivity index (χ0) is 22.1. The number of benzene rings is 2. The van der Waals surface area contributed by atoms with E-state index in [9.17, 15) is 14.0 Å². The number of hydrogen-bond donors (Lipinski definition) is 0. The first-order valence-corrected chi connectivity index (χ1v) is 10.2. The van der Waals surface area contributed by atoms with Crippen molar-refractivity contribution in [3.05, 3.63) is 89.3 Å². The Morgan fingerprint density at radius 2 is 1.94 bits per heavy atom. The normalized spacial score (nSPS) is 11.8. The molecule has 0 unspecified atom stereocenters. The Hall–Kier alpha value is -3.30. The summed E-state index contributed by atoms with van der Waals surface area (Å²) in [5.41, 5.74) is -0.153. The third kappa shape index (κ3) is 4.01. The topological polar surface area (TPSA) is 82.8 Å². The highest BCUT2D eigenvalue weighted by Gasteiger charge is 2.14. The number of hydrogen-bond acceptors (Lipinski definition) is 7. The highest BCUT2D eigenvalue weighted by atomic mass is 35.5. The zero-order valence-electron chi connectivity index (χ0n) is 16.4. The molecule has 10 heteroatoms. The van der Waals surface area contributed by atoms with Crippen molar-refractivity contribution in [2.75, 3.05) is 14.2 Å². The Bertz CT molecular complexity index is 1450. The van der Waals surface area contributed by atoms with Crippen molar-refractivity contribution >= 4 is 34.0 Å². The van der Waals surface area contributed by atoms with Crippen molar-refractivity contribution in [1.82, 2.24) is 14.6 Å². The van der Waals surface area contributed by atoms with Gasteiger partial charge in [0.1, 0.15) is 11.5 Å². The molecule has 0 bridgehead atoms. The van der Waals surface area contributed by atoms with Crippen LogP contribution in [-0.2, 0) is 6.42 Å². The largest absolute Gasteiger partial charge is 0.493 e. The van der Waals surface area contributed by atoms with Gasteiger partial charge in [-0.2, -0.15) is 14.6 Å². The van der Waals surface area contributed by atoms with Gasteiger partial charge < -0.3 is 9.47 Å². The Balaban J connectivity index is 1.79. The molecule has 0 amide bonds. The van der Waals surface area contributed by atoms with E-state index in [1.165, 1.54) is 38.5 Å². The summed E-state index contributed by atoms with van der Waals surface area (Å²) in [5, 5.41) is 4.36. The van der Waals surface area contributed by atoms with Gasteiger partial charge in [0.25, 0.3) is 11.1 Å². The molecule has 4 aromatic rings. The summed E-state index contributed by atoms with van der Waals surface area (Å²) in [6.07, 6.45) is 1.47. The predicted molar refractivity (Wildman–Crippen MR) is 116 cm³/mol. The van der Waals surface area contributed by atoms with Crippen LogP contribution in [0.2, 0.25) is 5.02 Å². The molecule has 0 aliphatic rings. The van der Waals surface area contributed by atoms with Crippen LogP contribution >= 0.6 is 22.9 Å². The number of halogens is 2. The van der Waals surface area contributed by atoms with Crippen molar-refractivity contribution in [3.8, 4) is 11.5 Å². The van der Waals surface area contributed by atoms with E-state index in [1.54, 1.807) is 18.2 Å². The summed E-state index contributed by atoms with van der Waals surface area (Å²) in [5.74, 6) is 0.498. The fourth-order valence-electron chi connectivity index (χ4n) is 3.02. The molecule has 7 nitrogen and oxygen atoms in total. The number of nitrogens with zero attached hydrogens (tertiary/aromatic N) is 3. The number of rotatable bonds is 5. The second-order valence-electron chi connectivity index (χ2n) is 6.48. The van der Waals surface area contributed by atoms with Crippen LogP contribution in [0, 0.1) is 5.82 Å². The Morgan fingerprint density at radius 3 is 2.65 bits per heavy atom. The molecule has 0 N–H and O–H groups in total. The number of ether oxygens (including phenoxy) is 2. The van der Waals surface area contributed by atoms with Crippen LogP contribution < -0.4 is 25.1 Å². The van der Waals surface area contributed by atoms with Gasteiger partial charge in [0.15, 0.2) is 11.5 Å². The van der Waals surface area contributed by atoms with E-state index in [-0.39, 0.29) is 32.2 Å². The highest BCUT2D eigenvalue weighted by Crippen LogP contribution is 2.28. The van der Waals surface area contributed by atoms with Crippen molar-refractivity contribution in [1.29, 1.82) is 0 Å². The Kier molecular flexibility index (Phi) is 5.71. The number of thiazole rings is 1. The molecule has 0 saturated heterocycles. The molecule has 2 heterocycles. The van der Waals surface area contributed by atoms with Crippen LogP contribution in [0.15, 0.2) is 46.0 Å². The minimum atomic E-state index is -0.561. The second-order valence-corrected chi connectivity index (χ2v) is 7.89. The summed E-state index contributed by atoms with van der Waals surface area (Å²) < 4.78 is 25.8. The first-order chi connectivity index (χ1) is 14.9. The second kappa shape index (κ2) is 8.44. The molecule has 0 fully saturated rings. The smallest absolute Gasteiger partial charge is 0.296 e. The third-order valence-electron chi connectivity index (χ3n) is 4.55. The van der Waals surface area contributed by atoms with Gasteiger partial charge in [-0.15, -0.1) is 0 Å². The van der Waals surface area contributed by atoms with Gasteiger partial charge in [-0.25, -0.2) is 4.39 Å². The van der Waals surface area contributed by atoms with Crippen molar-refractivity contribution in [2.45, 2.75) is 6.42 Å². The summed E-state index contributed by atoms with van der Waals surface area (Å²) in [4.78, 5) is 29.4. The number of fused-ring (bicyclic) bond motifs is 1. The van der Waals surface area contributed by atoms with Crippen LogP contribution in [0.4, 0.5) is 4.39 Å². The van der Waals surface area contributed by atoms with E-state index in [2.05, 4.69) is 10.1 Å². The van der Waals surface area contributed by atoms with Crippen molar-refractivity contribution in [3.63, 3.8) is 0 Å². The fraction of sp³-hybridized carbons (Fsp3) is 0.143. The van der Waals surface area contributed by atoms with Gasteiger partial charge in [-0.05, 0) is 35.9 Å². The molecule has 0 radical (unpaired) electrons. The average molecular weight is 460 g/mol. The van der Waals surface area contributed by atoms with Crippen LogP contribution in [0.25, 0.3) is 11.0 Å². The maximum absolute atomic E-state index is 14.1. The molecule has 0 atom stereocenters. The van der Waals surface area contributed by atoms with Gasteiger partial charge in [0, 0.05) is 12.0 Å². The van der Waals surface area contributed by atoms with E-state index in [0.29, 0.717) is 11.5 Å². The van der Waals surface area contributed by atoms with E-state index >= 15 is 0 Å². The SMILES string of the molecule is COc1ccc(Cc2nn3c(=O)c(=Cc4c(F)cccc4Cl)sc3nc2=O)cc1OC. The lowest BCUT2D eigenvalue weighted by molar-refractivity contribution is 0.354. The maximum atomic E-state index is 14.1. The minimum absolute atomic E-state index is 0.0846. The Morgan fingerprint density at radius 1 is 1.16 bits per heavy atom. The molecule has 0 aliphatic carbocycles. The standard InChI is InChI=1S/C21H15ClFN3O4S/c1-29-16-7-6-11(9-17(16)30-2)8-15-19(27)24-21-26(25-15)20(28)18(31-21)10-12-13(22)4-3-5-14(12)23/h3-7,9-10H,8H2,1-2H3. The first-order valence-electron chi connectivity index (χ1n) is 9.00. The fourth-order valence-corrected chi connectivity index (χ4v) is 4.12. The molecular formula is C21H15ClFN3O4S. The predicted octanol–water partition coefficient (Wildman–Crippen LogP) is 2.46. The first kappa shape index (κ1) is 21.0. The third-order valence-corrected chi connectivity index (χ3v) is 5.83. The monoisotopic (exact) mass is 459 g/mol. The van der Waals surface area contributed by atoms with Crippen LogP contribution in [0.5, 0.6) is 11.5 Å². The Labute approximate surface area is 184 Å². The van der Waals surface area contributed by atoms with E-state index in [0.717, 1.165) is 21.4 Å². The number of aromatic nitrogens is 3. The van der Waals surface area contributed by atoms with E-state index in [1.807, 2.05) is 0 Å². The van der Waals surface area contributed by atoms with Crippen LogP contribution in [0.3, 0.4) is 0 Å². The molecule has 158 valence electrons. The molecular weight excluding hydrogens is 445 g/mol. The maximum Gasteiger partial charge on any atom is 0.296 e. The van der Waals surface area contributed by atoms with Gasteiger partial charge >= 0.3 is 0 Å². The molecule has 2 aromatic heterocycles. The average Bonchev–Trinajstić information content (AvgIpc) is 3.05. The summed E-state index contributed by atoms with van der Waals surface area (Å²) in [6, 6.07) is 9.44. The summed E-state index contributed by atoms with van der Waals surface area (Å²) in [6.45, 7) is 0. The molecule has 31 heavy (non-hydrogen) atoms. The summed E-state index contributed by atoms with van der Waals surface area (Å²) >= 11 is 6.98. The van der Waals surface area contributed by atoms with Crippen LogP contribution in [0.1, 0.15) is 16.8 Å². The van der Waals surface area contributed by atoms with E-state index < -0.39 is 16.9 Å². The lowest BCUT2D eigenvalue weighted by Gasteiger charge is -2.09. The van der Waals surface area contributed by atoms with Crippen molar-refractivity contribution in [2.24, 2.45) is 0 Å². The number of methoxy groups -OCH3 is 2. The lowest BCUT2D eigenvalue weighted by atomic mass is 10.1. The zero-order valence-corrected chi connectivity index (χ0v) is 18.0. The van der Waals surface area contributed by atoms with Gasteiger partial charge in [0.05, 0.1) is 23.8 Å². The van der Waals surface area contributed by atoms with E-state index in [4.69, 9.17) is 21.1 Å².